The van der Waals surface area contributed by atoms with Gasteiger partial charge in [0.1, 0.15) is 0 Å². The highest BCUT2D eigenvalue weighted by atomic mass is 32.1. The lowest BCUT2D eigenvalue weighted by atomic mass is 10.1. The van der Waals surface area contributed by atoms with Crippen molar-refractivity contribution >= 4 is 16.5 Å². The lowest BCUT2D eigenvalue weighted by Gasteiger charge is -2.38. The molecule has 0 spiro atoms. The summed E-state index contributed by atoms with van der Waals surface area (Å²) in [6.07, 6.45) is 3.81. The normalized spacial score (nSPS) is 18.2. The Morgan fingerprint density at radius 2 is 2.05 bits per heavy atom. The zero-order valence-electron chi connectivity index (χ0n) is 12.0. The average molecular weight is 288 g/mol. The van der Waals surface area contributed by atoms with Crippen LogP contribution in [0.25, 0.3) is 0 Å². The molecule has 106 valence electrons. The van der Waals surface area contributed by atoms with Gasteiger partial charge in [-0.2, -0.15) is 0 Å². The second-order valence-electron chi connectivity index (χ2n) is 5.26. The number of anilines is 1. The second-order valence-corrected chi connectivity index (χ2v) is 6.09. The molecule has 0 N–H and O–H groups in total. The van der Waals surface area contributed by atoms with Crippen LogP contribution < -0.4 is 4.90 Å². The van der Waals surface area contributed by atoms with Crippen molar-refractivity contribution in [1.29, 1.82) is 0 Å². The number of hydrogen-bond acceptors (Lipinski definition) is 5. The molecule has 2 aromatic heterocycles. The van der Waals surface area contributed by atoms with Crippen LogP contribution in [0.5, 0.6) is 0 Å². The Kier molecular flexibility index (Phi) is 3.98. The van der Waals surface area contributed by atoms with Crippen LogP contribution >= 0.6 is 11.3 Å². The Labute approximate surface area is 124 Å². The molecule has 3 rings (SSSR count). The molecule has 0 radical (unpaired) electrons. The zero-order valence-corrected chi connectivity index (χ0v) is 12.8. The molecule has 0 aliphatic carbocycles. The van der Waals surface area contributed by atoms with Crippen LogP contribution in [0.3, 0.4) is 0 Å². The van der Waals surface area contributed by atoms with E-state index in [1.54, 1.807) is 11.3 Å². The van der Waals surface area contributed by atoms with E-state index in [2.05, 4.69) is 45.1 Å². The van der Waals surface area contributed by atoms with Gasteiger partial charge >= 0.3 is 0 Å². The Hall–Kier alpha value is -1.46. The smallest absolute Gasteiger partial charge is 0.185 e. The highest BCUT2D eigenvalue weighted by Crippen LogP contribution is 2.25. The fourth-order valence-corrected chi connectivity index (χ4v) is 3.48. The number of rotatable bonds is 3. The molecule has 3 heterocycles. The van der Waals surface area contributed by atoms with Crippen LogP contribution in [-0.2, 0) is 0 Å². The Morgan fingerprint density at radius 3 is 2.65 bits per heavy atom. The van der Waals surface area contributed by atoms with E-state index in [0.717, 1.165) is 37.0 Å². The molecule has 0 bridgehead atoms. The molecule has 1 aliphatic heterocycles. The monoisotopic (exact) mass is 288 g/mol. The molecule has 0 unspecified atom stereocenters. The van der Waals surface area contributed by atoms with E-state index in [4.69, 9.17) is 0 Å². The van der Waals surface area contributed by atoms with Crippen molar-refractivity contribution in [3.8, 4) is 0 Å². The van der Waals surface area contributed by atoms with Crippen LogP contribution in [0.1, 0.15) is 24.2 Å². The molecular formula is C15H20N4S. The van der Waals surface area contributed by atoms with Crippen molar-refractivity contribution in [2.24, 2.45) is 0 Å². The van der Waals surface area contributed by atoms with E-state index in [9.17, 15) is 0 Å². The minimum Gasteiger partial charge on any atom is -0.346 e. The molecule has 1 saturated heterocycles. The van der Waals surface area contributed by atoms with Crippen molar-refractivity contribution < 1.29 is 0 Å². The molecule has 4 nitrogen and oxygen atoms in total. The van der Waals surface area contributed by atoms with E-state index in [1.165, 1.54) is 5.56 Å². The van der Waals surface area contributed by atoms with E-state index in [-0.39, 0.29) is 0 Å². The molecule has 0 aromatic carbocycles. The van der Waals surface area contributed by atoms with Crippen LogP contribution in [-0.4, -0.2) is 41.0 Å². The molecule has 5 heteroatoms. The minimum absolute atomic E-state index is 0.434. The molecule has 0 saturated carbocycles. The predicted octanol–water partition coefficient (Wildman–Crippen LogP) is 2.73. The van der Waals surface area contributed by atoms with Crippen molar-refractivity contribution in [2.75, 3.05) is 31.1 Å². The number of pyridine rings is 1. The zero-order chi connectivity index (χ0) is 13.9. The summed E-state index contributed by atoms with van der Waals surface area (Å²) in [4.78, 5) is 13.7. The maximum absolute atomic E-state index is 4.58. The molecule has 1 fully saturated rings. The quantitative estimate of drug-likeness (QED) is 0.869. The van der Waals surface area contributed by atoms with Gasteiger partial charge in [-0.3, -0.25) is 9.88 Å². The standard InChI is InChI=1S/C15H20N4S/c1-12-11-20-15(17-12)19-8-6-18(7-9-19)13(2)14-4-3-5-16-10-14/h3-5,10-11,13H,6-9H2,1-2H3/t13-/m1/s1. The highest BCUT2D eigenvalue weighted by Gasteiger charge is 2.23. The van der Waals surface area contributed by atoms with Crippen molar-refractivity contribution in [3.05, 3.63) is 41.2 Å². The molecular weight excluding hydrogens is 268 g/mol. The summed E-state index contributed by atoms with van der Waals surface area (Å²) < 4.78 is 0. The van der Waals surface area contributed by atoms with Gasteiger partial charge in [0.05, 0.1) is 5.69 Å². The summed E-state index contributed by atoms with van der Waals surface area (Å²) >= 11 is 1.75. The Bertz CT molecular complexity index is 546. The first-order valence-corrected chi connectivity index (χ1v) is 7.93. The minimum atomic E-state index is 0.434. The third-order valence-electron chi connectivity index (χ3n) is 3.91. The van der Waals surface area contributed by atoms with Gasteiger partial charge in [-0.15, -0.1) is 11.3 Å². The van der Waals surface area contributed by atoms with Gasteiger partial charge in [-0.25, -0.2) is 4.98 Å². The maximum Gasteiger partial charge on any atom is 0.185 e. The summed E-state index contributed by atoms with van der Waals surface area (Å²) in [6, 6.07) is 4.61. The highest BCUT2D eigenvalue weighted by molar-refractivity contribution is 7.13. The topological polar surface area (TPSA) is 32.3 Å². The summed E-state index contributed by atoms with van der Waals surface area (Å²) in [7, 11) is 0. The van der Waals surface area contributed by atoms with Gasteiger partial charge in [0, 0.05) is 50.0 Å². The first-order valence-electron chi connectivity index (χ1n) is 7.05. The van der Waals surface area contributed by atoms with Crippen LogP contribution in [0, 0.1) is 6.92 Å². The van der Waals surface area contributed by atoms with E-state index in [1.807, 2.05) is 18.5 Å². The Balaban J connectivity index is 1.61. The van der Waals surface area contributed by atoms with Crippen molar-refractivity contribution in [2.45, 2.75) is 19.9 Å². The first kappa shape index (κ1) is 13.5. The molecule has 0 amide bonds. The fraction of sp³-hybridized carbons (Fsp3) is 0.467. The summed E-state index contributed by atoms with van der Waals surface area (Å²) in [5, 5.41) is 3.29. The molecule has 1 aliphatic rings. The van der Waals surface area contributed by atoms with Gasteiger partial charge in [0.25, 0.3) is 0 Å². The summed E-state index contributed by atoms with van der Waals surface area (Å²) in [5.74, 6) is 0. The molecule has 2 aromatic rings. The fourth-order valence-electron chi connectivity index (χ4n) is 2.62. The lowest BCUT2D eigenvalue weighted by molar-refractivity contribution is 0.198. The molecule has 1 atom stereocenters. The van der Waals surface area contributed by atoms with E-state index in [0.29, 0.717) is 6.04 Å². The summed E-state index contributed by atoms with van der Waals surface area (Å²) in [6.45, 7) is 8.58. The lowest BCUT2D eigenvalue weighted by Crippen LogP contribution is -2.47. The van der Waals surface area contributed by atoms with E-state index >= 15 is 0 Å². The SMILES string of the molecule is Cc1csc(N2CCN([C@H](C)c3cccnc3)CC2)n1. The number of nitrogens with zero attached hydrogens (tertiary/aromatic N) is 4. The first-order chi connectivity index (χ1) is 9.74. The third kappa shape index (κ3) is 2.83. The van der Waals surface area contributed by atoms with Gasteiger partial charge in [-0.05, 0) is 25.5 Å². The van der Waals surface area contributed by atoms with Gasteiger partial charge in [0.2, 0.25) is 0 Å². The number of hydrogen-bond donors (Lipinski definition) is 0. The van der Waals surface area contributed by atoms with Gasteiger partial charge < -0.3 is 4.90 Å². The van der Waals surface area contributed by atoms with Crippen LogP contribution in [0.15, 0.2) is 29.9 Å². The van der Waals surface area contributed by atoms with Crippen molar-refractivity contribution in [1.82, 2.24) is 14.9 Å². The van der Waals surface area contributed by atoms with Crippen LogP contribution in [0.4, 0.5) is 5.13 Å². The van der Waals surface area contributed by atoms with Gasteiger partial charge in [-0.1, -0.05) is 6.07 Å². The van der Waals surface area contributed by atoms with Crippen molar-refractivity contribution in [3.63, 3.8) is 0 Å². The Morgan fingerprint density at radius 1 is 1.25 bits per heavy atom. The number of aromatic nitrogens is 2. The predicted molar refractivity (Wildman–Crippen MR) is 83.3 cm³/mol. The molecule has 20 heavy (non-hydrogen) atoms. The number of aryl methyl sites for hydroxylation is 1. The third-order valence-corrected chi connectivity index (χ3v) is 4.93. The average Bonchev–Trinajstić information content (AvgIpc) is 2.94. The number of thiazole rings is 1. The van der Waals surface area contributed by atoms with Crippen LogP contribution in [0.2, 0.25) is 0 Å². The number of piperazine rings is 1. The van der Waals surface area contributed by atoms with Gasteiger partial charge in [0.15, 0.2) is 5.13 Å². The largest absolute Gasteiger partial charge is 0.346 e. The maximum atomic E-state index is 4.58. The summed E-state index contributed by atoms with van der Waals surface area (Å²) in [5.41, 5.74) is 2.42. The second kappa shape index (κ2) is 5.89. The van der Waals surface area contributed by atoms with E-state index < -0.39 is 0 Å².